The number of rotatable bonds is 7. The van der Waals surface area contributed by atoms with Crippen molar-refractivity contribution in [2.24, 2.45) is 0 Å². The van der Waals surface area contributed by atoms with Gasteiger partial charge >= 0.3 is 11.9 Å². The lowest BCUT2D eigenvalue weighted by Crippen LogP contribution is -2.41. The van der Waals surface area contributed by atoms with Gasteiger partial charge in [0.1, 0.15) is 4.90 Å². The van der Waals surface area contributed by atoms with Gasteiger partial charge in [-0.1, -0.05) is 0 Å². The number of esters is 1. The fourth-order valence-electron chi connectivity index (χ4n) is 3.24. The van der Waals surface area contributed by atoms with Gasteiger partial charge in [-0.05, 0) is 65.8 Å². The summed E-state index contributed by atoms with van der Waals surface area (Å²) in [7, 11) is -9.00. The molecular formula is C24H26N4O8S2. The molecule has 0 unspecified atom stereocenters. The number of hydrogen-bond donors (Lipinski definition) is 3. The van der Waals surface area contributed by atoms with E-state index in [-0.39, 0.29) is 11.1 Å². The smallest absolute Gasteiger partial charge is 0.345 e. The summed E-state index contributed by atoms with van der Waals surface area (Å²) in [6.45, 7) is 9.16. The number of nitrogens with zero attached hydrogens (tertiary/aromatic N) is 2. The maximum atomic E-state index is 13.3. The van der Waals surface area contributed by atoms with E-state index in [1.807, 2.05) is 0 Å². The Bertz CT molecular complexity index is 1600. The number of aromatic carboxylic acids is 1. The molecule has 0 heterocycles. The van der Waals surface area contributed by atoms with Crippen molar-refractivity contribution < 1.29 is 36.3 Å². The molecule has 0 aliphatic carbocycles. The van der Waals surface area contributed by atoms with Crippen LogP contribution < -0.4 is 14.2 Å². The molecule has 2 rings (SSSR count). The van der Waals surface area contributed by atoms with Crippen molar-refractivity contribution in [1.82, 2.24) is 9.44 Å². The second-order valence-corrected chi connectivity index (χ2v) is 13.5. The number of ether oxygens (including phenoxy) is 1. The molecule has 3 N–H and O–H groups in total. The van der Waals surface area contributed by atoms with Crippen molar-refractivity contribution in [3.05, 3.63) is 52.6 Å². The van der Waals surface area contributed by atoms with Gasteiger partial charge in [0.05, 0.1) is 39.3 Å². The van der Waals surface area contributed by atoms with Crippen molar-refractivity contribution in [3.8, 4) is 17.9 Å². The molecule has 0 saturated carbocycles. The van der Waals surface area contributed by atoms with E-state index in [0.717, 1.165) is 30.3 Å². The molecule has 12 nitrogen and oxygen atoms in total. The average Bonchev–Trinajstić information content (AvgIpc) is 2.74. The molecule has 0 aliphatic rings. The lowest BCUT2D eigenvalue weighted by atomic mass is 10.1. The summed E-state index contributed by atoms with van der Waals surface area (Å²) in [6, 6.07) is 8.19. The molecule has 0 atom stereocenters. The summed E-state index contributed by atoms with van der Waals surface area (Å²) in [6.07, 6.45) is 0. The minimum Gasteiger partial charge on any atom is -0.478 e. The molecule has 0 saturated heterocycles. The topological polar surface area (TPSA) is 204 Å². The molecule has 2 aromatic rings. The van der Waals surface area contributed by atoms with Gasteiger partial charge in [0.25, 0.3) is 0 Å². The maximum Gasteiger partial charge on any atom is 0.345 e. The molecule has 0 spiro atoms. The van der Waals surface area contributed by atoms with E-state index < -0.39 is 69.7 Å². The van der Waals surface area contributed by atoms with Gasteiger partial charge in [-0.2, -0.15) is 10.5 Å². The number of carbonyl (C=O) groups is 2. The number of nitriles is 2. The Labute approximate surface area is 221 Å². The highest BCUT2D eigenvalue weighted by atomic mass is 32.2. The Morgan fingerprint density at radius 3 is 1.79 bits per heavy atom. The zero-order chi connectivity index (χ0) is 29.3. The summed E-state index contributed by atoms with van der Waals surface area (Å²) in [5.41, 5.74) is -3.95. The van der Waals surface area contributed by atoms with Gasteiger partial charge < -0.3 is 9.84 Å². The van der Waals surface area contributed by atoms with Crippen LogP contribution in [0, 0.1) is 22.7 Å². The number of sulfonamides is 2. The van der Waals surface area contributed by atoms with E-state index >= 15 is 0 Å². The van der Waals surface area contributed by atoms with Crippen molar-refractivity contribution >= 4 is 32.0 Å². The average molecular weight is 563 g/mol. The van der Waals surface area contributed by atoms with Gasteiger partial charge in [0.15, 0.2) is 5.75 Å². The lowest BCUT2D eigenvalue weighted by Gasteiger charge is -2.23. The minimum atomic E-state index is -4.65. The summed E-state index contributed by atoms with van der Waals surface area (Å²) >= 11 is 0. The number of carboxylic acid groups (broad SMARTS) is 1. The predicted octanol–water partition coefficient (Wildman–Crippen LogP) is 2.50. The quantitative estimate of drug-likeness (QED) is 0.332. The molecule has 38 heavy (non-hydrogen) atoms. The Kier molecular flexibility index (Phi) is 8.41. The van der Waals surface area contributed by atoms with Crippen LogP contribution in [0.3, 0.4) is 0 Å². The summed E-state index contributed by atoms with van der Waals surface area (Å²) in [5, 5.41) is 28.3. The number of carbonyl (C=O) groups excluding carboxylic acids is 1. The Morgan fingerprint density at radius 1 is 0.816 bits per heavy atom. The highest BCUT2D eigenvalue weighted by molar-refractivity contribution is 7.90. The summed E-state index contributed by atoms with van der Waals surface area (Å²) in [4.78, 5) is 23.7. The van der Waals surface area contributed by atoms with Crippen LogP contribution in [0.25, 0.3) is 0 Å². The van der Waals surface area contributed by atoms with Crippen molar-refractivity contribution in [3.63, 3.8) is 0 Å². The highest BCUT2D eigenvalue weighted by Crippen LogP contribution is 2.32. The Morgan fingerprint density at radius 2 is 1.32 bits per heavy atom. The van der Waals surface area contributed by atoms with E-state index in [1.165, 1.54) is 20.8 Å². The second kappa shape index (κ2) is 10.5. The molecule has 0 bridgehead atoms. The number of benzene rings is 2. The van der Waals surface area contributed by atoms with Crippen LogP contribution in [-0.2, 0) is 20.0 Å². The Balaban J connectivity index is 2.83. The van der Waals surface area contributed by atoms with Gasteiger partial charge in [0.2, 0.25) is 20.0 Å². The molecule has 14 heteroatoms. The van der Waals surface area contributed by atoms with Crippen LogP contribution in [0.4, 0.5) is 0 Å². The van der Waals surface area contributed by atoms with Crippen LogP contribution >= 0.6 is 0 Å². The highest BCUT2D eigenvalue weighted by Gasteiger charge is 2.34. The fraction of sp³-hybridized carbons (Fsp3) is 0.333. The molecule has 0 radical (unpaired) electrons. The molecular weight excluding hydrogens is 536 g/mol. The van der Waals surface area contributed by atoms with Gasteiger partial charge in [0, 0.05) is 17.1 Å². The van der Waals surface area contributed by atoms with Crippen molar-refractivity contribution in [2.45, 2.75) is 62.4 Å². The first-order valence-electron chi connectivity index (χ1n) is 10.9. The minimum absolute atomic E-state index is 0.106. The zero-order valence-electron chi connectivity index (χ0n) is 21.4. The zero-order valence-corrected chi connectivity index (χ0v) is 23.0. The van der Waals surface area contributed by atoms with E-state index in [4.69, 9.17) is 4.74 Å². The molecule has 0 aliphatic heterocycles. The molecule has 202 valence electrons. The third-order valence-corrected chi connectivity index (χ3v) is 8.04. The van der Waals surface area contributed by atoms with Gasteiger partial charge in [-0.3, -0.25) is 0 Å². The molecule has 0 fully saturated rings. The third kappa shape index (κ3) is 7.36. The number of hydrogen-bond acceptors (Lipinski definition) is 9. The number of carboxylic acids is 1. The van der Waals surface area contributed by atoms with Crippen LogP contribution in [0.5, 0.6) is 5.75 Å². The Hall–Kier alpha value is -3.82. The standard InChI is InChI=1S/C24H26N4O8S2/c1-23(2,3)27-37(32,33)19-8-7-14(12-25)9-16(19)22(31)36-18-11-15(13-26)10-17(21(29)30)20(18)38(34,35)28-24(4,5)6/h7-11,27-28H,1-6H3,(H,29,30). The second-order valence-electron chi connectivity index (χ2n) is 10.2. The van der Waals surface area contributed by atoms with E-state index in [2.05, 4.69) is 9.44 Å². The van der Waals surface area contributed by atoms with Crippen molar-refractivity contribution in [1.29, 1.82) is 10.5 Å². The third-order valence-electron chi connectivity index (χ3n) is 4.38. The largest absolute Gasteiger partial charge is 0.478 e. The first kappa shape index (κ1) is 30.4. The van der Waals surface area contributed by atoms with Gasteiger partial charge in [-0.25, -0.2) is 35.9 Å². The van der Waals surface area contributed by atoms with Crippen LogP contribution in [-0.4, -0.2) is 45.0 Å². The fourth-order valence-corrected chi connectivity index (χ4v) is 6.54. The maximum absolute atomic E-state index is 13.3. The van der Waals surface area contributed by atoms with Gasteiger partial charge in [-0.15, -0.1) is 0 Å². The first-order valence-corrected chi connectivity index (χ1v) is 13.8. The van der Waals surface area contributed by atoms with Crippen LogP contribution in [0.1, 0.15) is 73.4 Å². The summed E-state index contributed by atoms with van der Waals surface area (Å²) < 4.78 is 62.3. The van der Waals surface area contributed by atoms with Crippen LogP contribution in [0.15, 0.2) is 40.1 Å². The van der Waals surface area contributed by atoms with E-state index in [9.17, 15) is 42.1 Å². The summed E-state index contributed by atoms with van der Waals surface area (Å²) in [5.74, 6) is -3.95. The predicted molar refractivity (Wildman–Crippen MR) is 134 cm³/mol. The first-order chi connectivity index (χ1) is 17.2. The van der Waals surface area contributed by atoms with E-state index in [1.54, 1.807) is 32.9 Å². The molecule has 2 aromatic carbocycles. The lowest BCUT2D eigenvalue weighted by molar-refractivity contribution is 0.0678. The normalized spacial score (nSPS) is 12.3. The monoisotopic (exact) mass is 562 g/mol. The van der Waals surface area contributed by atoms with Crippen molar-refractivity contribution in [2.75, 3.05) is 0 Å². The SMILES string of the molecule is CC(C)(C)NS(=O)(=O)c1ccc(C#N)cc1C(=O)Oc1cc(C#N)cc(C(=O)O)c1S(=O)(=O)NC(C)(C)C. The van der Waals surface area contributed by atoms with Crippen LogP contribution in [0.2, 0.25) is 0 Å². The number of nitrogens with one attached hydrogen (secondary N) is 2. The molecule has 0 aromatic heterocycles. The molecule has 0 amide bonds. The van der Waals surface area contributed by atoms with E-state index in [0.29, 0.717) is 0 Å².